The Balaban J connectivity index is 0.000000511. The molecule has 206 valence electrons. The van der Waals surface area contributed by atoms with Crippen molar-refractivity contribution >= 4 is 18.0 Å². The summed E-state index contributed by atoms with van der Waals surface area (Å²) in [5.41, 5.74) is 7.76. The molecule has 2 N–H and O–H groups in total. The van der Waals surface area contributed by atoms with Gasteiger partial charge in [-0.15, -0.1) is 12.8 Å². The predicted molar refractivity (Wildman–Crippen MR) is 152 cm³/mol. The minimum atomic E-state index is -1.06. The van der Waals surface area contributed by atoms with Gasteiger partial charge in [0.25, 0.3) is 0 Å². The van der Waals surface area contributed by atoms with Gasteiger partial charge in [-0.05, 0) is 97.2 Å². The molecule has 7 heteroatoms. The Labute approximate surface area is 228 Å². The topological polar surface area (TPSA) is 97.1 Å². The van der Waals surface area contributed by atoms with E-state index in [1.54, 1.807) is 53.7 Å². The average molecular weight is 524 g/mol. The van der Waals surface area contributed by atoms with E-state index in [-0.39, 0.29) is 0 Å². The molecule has 1 fully saturated rings. The SMILES string of the molecule is C#Cc1cccc(C)c1.C#Cc1cccc(N)c1.C1CCOC1.CC(C)(C)OC(=O)OC(=O)OC(C)(C)C. The van der Waals surface area contributed by atoms with E-state index in [0.717, 1.165) is 24.3 Å². The molecule has 0 aliphatic carbocycles. The van der Waals surface area contributed by atoms with Crippen molar-refractivity contribution in [2.75, 3.05) is 18.9 Å². The first kappa shape index (κ1) is 34.1. The summed E-state index contributed by atoms with van der Waals surface area (Å²) in [7, 11) is 0. The van der Waals surface area contributed by atoms with Gasteiger partial charge in [-0.1, -0.05) is 30.0 Å². The van der Waals surface area contributed by atoms with E-state index in [2.05, 4.69) is 16.6 Å². The van der Waals surface area contributed by atoms with E-state index in [0.29, 0.717) is 5.69 Å². The van der Waals surface area contributed by atoms with E-state index >= 15 is 0 Å². The number of ether oxygens (including phenoxy) is 4. The van der Waals surface area contributed by atoms with Crippen molar-refractivity contribution < 1.29 is 28.5 Å². The summed E-state index contributed by atoms with van der Waals surface area (Å²) in [4.78, 5) is 22.0. The highest BCUT2D eigenvalue weighted by Gasteiger charge is 2.24. The molecule has 7 nitrogen and oxygen atoms in total. The lowest BCUT2D eigenvalue weighted by Crippen LogP contribution is -2.29. The van der Waals surface area contributed by atoms with E-state index in [9.17, 15) is 9.59 Å². The number of carbonyl (C=O) groups excluding carboxylic acids is 2. The predicted octanol–water partition coefficient (Wildman–Crippen LogP) is 6.90. The van der Waals surface area contributed by atoms with Crippen molar-refractivity contribution in [3.63, 3.8) is 0 Å². The molecule has 0 atom stereocenters. The maximum Gasteiger partial charge on any atom is 0.519 e. The first-order valence-electron chi connectivity index (χ1n) is 12.2. The van der Waals surface area contributed by atoms with E-state index in [4.69, 9.17) is 32.8 Å². The van der Waals surface area contributed by atoms with Gasteiger partial charge in [0.1, 0.15) is 11.2 Å². The number of aryl methyl sites for hydroxylation is 1. The fraction of sp³-hybridized carbons (Fsp3) is 0.419. The van der Waals surface area contributed by atoms with Crippen LogP contribution in [0, 0.1) is 31.6 Å². The standard InChI is InChI=1S/C10H18O5.C9H8.C8H7N.C4H8O/c1-9(2,3)14-7(11)13-8(12)15-10(4,5)6;1-3-9-6-4-5-8(2)7-9;1-2-7-4-3-5-8(9)6-7;1-2-4-5-3-1/h1-6H3;1,4-7H,2H3;1,3-6H,9H2;1-4H2. The number of benzene rings is 2. The average Bonchev–Trinajstić information content (AvgIpc) is 3.37. The van der Waals surface area contributed by atoms with Crippen LogP contribution >= 0.6 is 0 Å². The van der Waals surface area contributed by atoms with Crippen LogP contribution in [0.2, 0.25) is 0 Å². The van der Waals surface area contributed by atoms with Crippen molar-refractivity contribution in [2.24, 2.45) is 0 Å². The molecule has 38 heavy (non-hydrogen) atoms. The van der Waals surface area contributed by atoms with E-state index < -0.39 is 23.5 Å². The number of nitrogens with two attached hydrogens (primary N) is 1. The second-order valence-corrected chi connectivity index (χ2v) is 10.1. The number of nitrogen functional groups attached to an aromatic ring is 1. The third-order valence-electron chi connectivity index (χ3n) is 4.01. The van der Waals surface area contributed by atoms with Crippen LogP contribution in [-0.2, 0) is 18.9 Å². The molecule has 0 spiro atoms. The Bertz CT molecular complexity index is 988. The number of hydrogen-bond donors (Lipinski definition) is 1. The van der Waals surface area contributed by atoms with Crippen molar-refractivity contribution in [1.29, 1.82) is 0 Å². The maximum atomic E-state index is 11.0. The molecule has 1 heterocycles. The molecule has 1 saturated heterocycles. The zero-order chi connectivity index (χ0) is 29.2. The molecule has 3 rings (SSSR count). The highest BCUT2D eigenvalue weighted by atomic mass is 16.8. The summed E-state index contributed by atoms with van der Waals surface area (Å²) in [6, 6.07) is 15.2. The fourth-order valence-corrected chi connectivity index (χ4v) is 2.48. The van der Waals surface area contributed by atoms with Gasteiger partial charge in [0.15, 0.2) is 0 Å². The number of hydrogen-bond acceptors (Lipinski definition) is 7. The lowest BCUT2D eigenvalue weighted by Gasteiger charge is -2.20. The second-order valence-electron chi connectivity index (χ2n) is 10.1. The zero-order valence-electron chi connectivity index (χ0n) is 23.6. The third-order valence-corrected chi connectivity index (χ3v) is 4.01. The van der Waals surface area contributed by atoms with E-state index in [1.807, 2.05) is 43.3 Å². The summed E-state index contributed by atoms with van der Waals surface area (Å²) in [6.07, 6.45) is 10.7. The van der Waals surface area contributed by atoms with Gasteiger partial charge >= 0.3 is 12.3 Å². The minimum absolute atomic E-state index is 0.695. The maximum absolute atomic E-state index is 11.0. The lowest BCUT2D eigenvalue weighted by molar-refractivity contribution is -0.0293. The third kappa shape index (κ3) is 20.3. The number of carbonyl (C=O) groups is 2. The van der Waals surface area contributed by atoms with Crippen LogP contribution < -0.4 is 5.73 Å². The van der Waals surface area contributed by atoms with Crippen LogP contribution in [0.4, 0.5) is 15.3 Å². The Morgan fingerprint density at radius 2 is 1.26 bits per heavy atom. The van der Waals surface area contributed by atoms with Gasteiger partial charge in [0.05, 0.1) is 0 Å². The van der Waals surface area contributed by atoms with Crippen LogP contribution in [0.25, 0.3) is 0 Å². The van der Waals surface area contributed by atoms with Gasteiger partial charge in [-0.2, -0.15) is 0 Å². The van der Waals surface area contributed by atoms with Gasteiger partial charge in [-0.25, -0.2) is 9.59 Å². The molecular formula is C31H41NO6. The molecule has 1 aliphatic rings. The quantitative estimate of drug-likeness (QED) is 0.174. The summed E-state index contributed by atoms with van der Waals surface area (Å²) in [6.45, 7) is 14.0. The first-order valence-corrected chi connectivity index (χ1v) is 12.2. The van der Waals surface area contributed by atoms with Crippen LogP contribution in [0.5, 0.6) is 0 Å². The summed E-state index contributed by atoms with van der Waals surface area (Å²) in [5, 5.41) is 0. The smallest absolute Gasteiger partial charge is 0.428 e. The summed E-state index contributed by atoms with van der Waals surface area (Å²) < 4.78 is 18.7. The van der Waals surface area contributed by atoms with Crippen molar-refractivity contribution in [1.82, 2.24) is 0 Å². The lowest BCUT2D eigenvalue weighted by atomic mass is 10.1. The van der Waals surface area contributed by atoms with Gasteiger partial charge < -0.3 is 24.7 Å². The molecule has 0 radical (unpaired) electrons. The Morgan fingerprint density at radius 1 is 0.816 bits per heavy atom. The highest BCUT2D eigenvalue weighted by Crippen LogP contribution is 2.11. The molecule has 0 unspecified atom stereocenters. The van der Waals surface area contributed by atoms with Crippen LogP contribution in [-0.4, -0.2) is 36.7 Å². The zero-order valence-corrected chi connectivity index (χ0v) is 23.6. The van der Waals surface area contributed by atoms with Crippen molar-refractivity contribution in [3.8, 4) is 24.7 Å². The molecule has 1 aliphatic heterocycles. The summed E-state index contributed by atoms with van der Waals surface area (Å²) >= 11 is 0. The Hall–Kier alpha value is -3.94. The Kier molecular flexibility index (Phi) is 15.7. The normalized spacial score (nSPS) is 11.8. The van der Waals surface area contributed by atoms with Crippen LogP contribution in [0.1, 0.15) is 71.1 Å². The number of anilines is 1. The molecule has 0 amide bonds. The molecule has 0 aromatic heterocycles. The minimum Gasteiger partial charge on any atom is -0.428 e. The van der Waals surface area contributed by atoms with Crippen molar-refractivity contribution in [3.05, 3.63) is 65.2 Å². The largest absolute Gasteiger partial charge is 0.519 e. The highest BCUT2D eigenvalue weighted by molar-refractivity contribution is 5.77. The molecule has 0 bridgehead atoms. The van der Waals surface area contributed by atoms with Gasteiger partial charge in [0.2, 0.25) is 0 Å². The second kappa shape index (κ2) is 17.5. The van der Waals surface area contributed by atoms with Crippen molar-refractivity contribution in [2.45, 2.75) is 72.5 Å². The summed E-state index contributed by atoms with van der Waals surface area (Å²) in [5.74, 6) is 5.06. The monoisotopic (exact) mass is 523 g/mol. The van der Waals surface area contributed by atoms with Gasteiger partial charge in [-0.3, -0.25) is 0 Å². The van der Waals surface area contributed by atoms with E-state index in [1.165, 1.54) is 18.4 Å². The molecular weight excluding hydrogens is 482 g/mol. The fourth-order valence-electron chi connectivity index (χ4n) is 2.48. The molecule has 0 saturated carbocycles. The van der Waals surface area contributed by atoms with Crippen LogP contribution in [0.15, 0.2) is 48.5 Å². The van der Waals surface area contributed by atoms with Gasteiger partial charge in [0, 0.05) is 30.0 Å². The first-order chi connectivity index (χ1) is 17.6. The molecule has 2 aromatic carbocycles. The Morgan fingerprint density at radius 3 is 1.55 bits per heavy atom. The number of rotatable bonds is 0. The van der Waals surface area contributed by atoms with Crippen LogP contribution in [0.3, 0.4) is 0 Å². The molecule has 2 aromatic rings. The number of terminal acetylenes is 2.